The van der Waals surface area contributed by atoms with Crippen molar-refractivity contribution in [2.24, 2.45) is 5.92 Å². The first-order valence-corrected chi connectivity index (χ1v) is 7.03. The van der Waals surface area contributed by atoms with Gasteiger partial charge < -0.3 is 10.1 Å². The molecule has 2 aliphatic rings. The van der Waals surface area contributed by atoms with Gasteiger partial charge in [0.1, 0.15) is 11.6 Å². The van der Waals surface area contributed by atoms with Gasteiger partial charge in [0.25, 0.3) is 0 Å². The molecular weight excluding hydrogens is 248 g/mol. The summed E-state index contributed by atoms with van der Waals surface area (Å²) in [6.45, 7) is 1.31. The van der Waals surface area contributed by atoms with Gasteiger partial charge in [-0.2, -0.15) is 0 Å². The van der Waals surface area contributed by atoms with Crippen LogP contribution < -0.4 is 5.32 Å². The van der Waals surface area contributed by atoms with Crippen molar-refractivity contribution in [3.8, 4) is 0 Å². The fourth-order valence-corrected chi connectivity index (χ4v) is 3.21. The van der Waals surface area contributed by atoms with E-state index in [0.29, 0.717) is 30.7 Å². The third-order valence-corrected chi connectivity index (χ3v) is 4.24. The molecule has 0 spiro atoms. The summed E-state index contributed by atoms with van der Waals surface area (Å²) in [6, 6.07) is 4.12. The summed E-state index contributed by atoms with van der Waals surface area (Å²) in [4.78, 5) is 0. The highest BCUT2D eigenvalue weighted by molar-refractivity contribution is 5.21. The van der Waals surface area contributed by atoms with Gasteiger partial charge >= 0.3 is 0 Å². The van der Waals surface area contributed by atoms with Crippen molar-refractivity contribution in [2.45, 2.75) is 37.8 Å². The molecule has 4 heteroatoms. The standard InChI is InChI=1S/C15H19F2NO/c16-12-5-11(6-13(17)7-12)15-8-18-14-4-2-1-3-10(14)9-19-15/h5-7,10,14-15,18H,1-4,8-9H2. The normalized spacial score (nSPS) is 31.6. The lowest BCUT2D eigenvalue weighted by molar-refractivity contribution is 0.0398. The Morgan fingerprint density at radius 2 is 1.79 bits per heavy atom. The molecule has 0 amide bonds. The molecule has 3 unspecified atom stereocenters. The van der Waals surface area contributed by atoms with Crippen molar-refractivity contribution >= 4 is 0 Å². The fraction of sp³-hybridized carbons (Fsp3) is 0.600. The Kier molecular flexibility index (Phi) is 3.80. The topological polar surface area (TPSA) is 21.3 Å². The zero-order valence-electron chi connectivity index (χ0n) is 10.9. The molecular formula is C15H19F2NO. The molecule has 0 bridgehead atoms. The van der Waals surface area contributed by atoms with Crippen LogP contribution in [0.1, 0.15) is 37.4 Å². The van der Waals surface area contributed by atoms with Gasteiger partial charge in [-0.1, -0.05) is 12.8 Å². The average molecular weight is 267 g/mol. The first-order chi connectivity index (χ1) is 9.22. The van der Waals surface area contributed by atoms with E-state index in [9.17, 15) is 8.78 Å². The quantitative estimate of drug-likeness (QED) is 0.843. The van der Waals surface area contributed by atoms with Gasteiger partial charge in [0, 0.05) is 18.7 Å². The summed E-state index contributed by atoms with van der Waals surface area (Å²) < 4.78 is 32.4. The zero-order chi connectivity index (χ0) is 13.2. The van der Waals surface area contributed by atoms with Crippen LogP contribution in [0.25, 0.3) is 0 Å². The molecule has 3 rings (SSSR count). The van der Waals surface area contributed by atoms with Crippen LogP contribution in [-0.2, 0) is 4.74 Å². The van der Waals surface area contributed by atoms with Crippen molar-refractivity contribution in [1.82, 2.24) is 5.32 Å². The number of nitrogens with one attached hydrogen (secondary N) is 1. The predicted molar refractivity (Wildman–Crippen MR) is 68.8 cm³/mol. The Morgan fingerprint density at radius 1 is 1.05 bits per heavy atom. The average Bonchev–Trinajstić information content (AvgIpc) is 2.60. The molecule has 3 atom stereocenters. The van der Waals surface area contributed by atoms with Gasteiger partial charge in [-0.05, 0) is 36.5 Å². The van der Waals surface area contributed by atoms with Crippen LogP contribution in [0, 0.1) is 17.6 Å². The van der Waals surface area contributed by atoms with E-state index in [1.807, 2.05) is 0 Å². The van der Waals surface area contributed by atoms with E-state index in [2.05, 4.69) is 5.32 Å². The molecule has 0 radical (unpaired) electrons. The second-order valence-electron chi connectivity index (χ2n) is 5.58. The first kappa shape index (κ1) is 13.0. The van der Waals surface area contributed by atoms with E-state index in [0.717, 1.165) is 6.07 Å². The Bertz CT molecular complexity index is 416. The fourth-order valence-electron chi connectivity index (χ4n) is 3.21. The summed E-state index contributed by atoms with van der Waals surface area (Å²) in [6.07, 6.45) is 4.62. The largest absolute Gasteiger partial charge is 0.372 e. The molecule has 1 aromatic carbocycles. The molecule has 1 aromatic rings. The molecule has 2 fully saturated rings. The maximum absolute atomic E-state index is 13.3. The van der Waals surface area contributed by atoms with Crippen molar-refractivity contribution in [2.75, 3.05) is 13.2 Å². The van der Waals surface area contributed by atoms with E-state index in [-0.39, 0.29) is 6.10 Å². The SMILES string of the molecule is Fc1cc(F)cc(C2CNC3CCCCC3CO2)c1. The van der Waals surface area contributed by atoms with Crippen molar-refractivity contribution in [1.29, 1.82) is 0 Å². The highest BCUT2D eigenvalue weighted by Crippen LogP contribution is 2.30. The van der Waals surface area contributed by atoms with Gasteiger partial charge in [0.05, 0.1) is 12.7 Å². The van der Waals surface area contributed by atoms with Crippen molar-refractivity contribution in [3.05, 3.63) is 35.4 Å². The van der Waals surface area contributed by atoms with E-state index in [1.165, 1.54) is 37.8 Å². The summed E-state index contributed by atoms with van der Waals surface area (Å²) in [7, 11) is 0. The Balaban J connectivity index is 1.75. The van der Waals surface area contributed by atoms with Gasteiger partial charge in [-0.15, -0.1) is 0 Å². The van der Waals surface area contributed by atoms with E-state index < -0.39 is 11.6 Å². The third-order valence-electron chi connectivity index (χ3n) is 4.24. The number of fused-ring (bicyclic) bond motifs is 1. The van der Waals surface area contributed by atoms with Crippen LogP contribution in [-0.4, -0.2) is 19.2 Å². The lowest BCUT2D eigenvalue weighted by Crippen LogP contribution is -2.38. The lowest BCUT2D eigenvalue weighted by Gasteiger charge is -2.29. The van der Waals surface area contributed by atoms with Gasteiger partial charge in [-0.3, -0.25) is 0 Å². The smallest absolute Gasteiger partial charge is 0.126 e. The van der Waals surface area contributed by atoms with Crippen LogP contribution in [0.5, 0.6) is 0 Å². The summed E-state index contributed by atoms with van der Waals surface area (Å²) in [5, 5.41) is 3.50. The molecule has 1 heterocycles. The number of rotatable bonds is 1. The van der Waals surface area contributed by atoms with Crippen LogP contribution in [0.4, 0.5) is 8.78 Å². The van der Waals surface area contributed by atoms with Crippen LogP contribution in [0.15, 0.2) is 18.2 Å². The van der Waals surface area contributed by atoms with Crippen LogP contribution >= 0.6 is 0 Å². The molecule has 1 saturated carbocycles. The van der Waals surface area contributed by atoms with Gasteiger partial charge in [0.2, 0.25) is 0 Å². The molecule has 104 valence electrons. The molecule has 1 saturated heterocycles. The monoisotopic (exact) mass is 267 g/mol. The molecule has 0 aromatic heterocycles. The Morgan fingerprint density at radius 3 is 2.58 bits per heavy atom. The maximum Gasteiger partial charge on any atom is 0.126 e. The second-order valence-corrected chi connectivity index (χ2v) is 5.58. The number of hydrogen-bond donors (Lipinski definition) is 1. The van der Waals surface area contributed by atoms with Gasteiger partial charge in [-0.25, -0.2) is 8.78 Å². The van der Waals surface area contributed by atoms with E-state index >= 15 is 0 Å². The molecule has 1 aliphatic heterocycles. The van der Waals surface area contributed by atoms with E-state index in [1.54, 1.807) is 0 Å². The maximum atomic E-state index is 13.3. The molecule has 1 N–H and O–H groups in total. The lowest BCUT2D eigenvalue weighted by atomic mass is 9.85. The highest BCUT2D eigenvalue weighted by atomic mass is 19.1. The summed E-state index contributed by atoms with van der Waals surface area (Å²) >= 11 is 0. The summed E-state index contributed by atoms with van der Waals surface area (Å²) in [5.74, 6) is -0.544. The number of benzene rings is 1. The minimum atomic E-state index is -0.541. The van der Waals surface area contributed by atoms with Crippen LogP contribution in [0.2, 0.25) is 0 Å². The Labute approximate surface area is 112 Å². The first-order valence-electron chi connectivity index (χ1n) is 7.03. The third kappa shape index (κ3) is 2.95. The van der Waals surface area contributed by atoms with Crippen molar-refractivity contribution in [3.63, 3.8) is 0 Å². The minimum absolute atomic E-state index is 0.254. The van der Waals surface area contributed by atoms with Gasteiger partial charge in [0.15, 0.2) is 0 Å². The van der Waals surface area contributed by atoms with Crippen molar-refractivity contribution < 1.29 is 13.5 Å². The second kappa shape index (κ2) is 5.55. The zero-order valence-corrected chi connectivity index (χ0v) is 10.9. The summed E-state index contributed by atoms with van der Waals surface area (Å²) in [5.41, 5.74) is 0.587. The Hall–Kier alpha value is -1.00. The number of ether oxygens (including phenoxy) is 1. The highest BCUT2D eigenvalue weighted by Gasteiger charge is 2.30. The molecule has 19 heavy (non-hydrogen) atoms. The minimum Gasteiger partial charge on any atom is -0.372 e. The predicted octanol–water partition coefficient (Wildman–Crippen LogP) is 3.18. The molecule has 1 aliphatic carbocycles. The number of hydrogen-bond acceptors (Lipinski definition) is 2. The number of halogens is 2. The van der Waals surface area contributed by atoms with E-state index in [4.69, 9.17) is 4.74 Å². The van der Waals surface area contributed by atoms with Crippen LogP contribution in [0.3, 0.4) is 0 Å². The molecule has 2 nitrogen and oxygen atoms in total.